The van der Waals surface area contributed by atoms with E-state index in [1.165, 1.54) is 22.3 Å². The zero-order valence-electron chi connectivity index (χ0n) is 18.6. The predicted octanol–water partition coefficient (Wildman–Crippen LogP) is 6.75. The number of allylic oxidation sites excluding steroid dienone is 1. The van der Waals surface area contributed by atoms with Crippen molar-refractivity contribution in [2.45, 2.75) is 52.1 Å². The molecule has 1 heterocycles. The minimum Gasteiger partial charge on any atom is -0.444 e. The molecule has 0 aromatic heterocycles. The third-order valence-electron chi connectivity index (χ3n) is 5.35. The maximum atomic E-state index is 12.3. The quantitative estimate of drug-likeness (QED) is 0.517. The van der Waals surface area contributed by atoms with Gasteiger partial charge >= 0.3 is 6.09 Å². The number of carbonyl (C=O) groups is 1. The molecule has 1 aliphatic rings. The summed E-state index contributed by atoms with van der Waals surface area (Å²) in [5.41, 5.74) is 4.83. The van der Waals surface area contributed by atoms with Crippen molar-refractivity contribution in [3.8, 4) is 0 Å². The van der Waals surface area contributed by atoms with Gasteiger partial charge in [-0.3, -0.25) is 0 Å². The summed E-state index contributed by atoms with van der Waals surface area (Å²) in [5.74, 6) is 0.311. The Hall–Kier alpha value is -2.81. The summed E-state index contributed by atoms with van der Waals surface area (Å²) >= 11 is 0. The van der Waals surface area contributed by atoms with E-state index < -0.39 is 5.60 Å². The van der Waals surface area contributed by atoms with Crippen molar-refractivity contribution in [2.75, 3.05) is 13.1 Å². The molecule has 3 nitrogen and oxygen atoms in total. The monoisotopic (exact) mass is 403 g/mol. The van der Waals surface area contributed by atoms with Crippen LogP contribution in [-0.4, -0.2) is 29.7 Å². The Morgan fingerprint density at radius 2 is 1.80 bits per heavy atom. The van der Waals surface area contributed by atoms with Crippen LogP contribution in [0.4, 0.5) is 4.79 Å². The lowest BCUT2D eigenvalue weighted by Crippen LogP contribution is -2.39. The molecule has 0 spiro atoms. The Bertz CT molecular complexity index is 906. The number of rotatable bonds is 5. The molecule has 2 aromatic rings. The van der Waals surface area contributed by atoms with Gasteiger partial charge in [-0.1, -0.05) is 78.4 Å². The van der Waals surface area contributed by atoms with E-state index in [0.717, 1.165) is 12.8 Å². The highest BCUT2D eigenvalue weighted by Gasteiger charge is 2.24. The standard InChI is InChI=1S/C27H33NO2/c1-21-10-8-9-13-25(21)24(15-14-22-11-6-5-7-12-22)20-23-16-18-28(19-17-23)26(29)30-27(2,3)4/h5-16,24H,17-20H2,1-4H3/b15-14+. The molecule has 0 N–H and O–H groups in total. The van der Waals surface area contributed by atoms with Crippen molar-refractivity contribution >= 4 is 12.2 Å². The van der Waals surface area contributed by atoms with E-state index in [2.05, 4.69) is 73.7 Å². The van der Waals surface area contributed by atoms with Crippen LogP contribution >= 0.6 is 0 Å². The van der Waals surface area contributed by atoms with Gasteiger partial charge in [0.25, 0.3) is 0 Å². The lowest BCUT2D eigenvalue weighted by molar-refractivity contribution is 0.0265. The van der Waals surface area contributed by atoms with Gasteiger partial charge in [-0.25, -0.2) is 4.79 Å². The summed E-state index contributed by atoms with van der Waals surface area (Å²) in [6, 6.07) is 19.0. The fourth-order valence-corrected chi connectivity index (χ4v) is 3.75. The molecular formula is C27H33NO2. The summed E-state index contributed by atoms with van der Waals surface area (Å²) in [6.07, 6.45) is 8.37. The van der Waals surface area contributed by atoms with E-state index in [9.17, 15) is 4.79 Å². The minimum absolute atomic E-state index is 0.225. The highest BCUT2D eigenvalue weighted by molar-refractivity contribution is 5.68. The molecule has 1 amide bonds. The van der Waals surface area contributed by atoms with Gasteiger partial charge in [-0.15, -0.1) is 0 Å². The normalized spacial score (nSPS) is 15.7. The Morgan fingerprint density at radius 3 is 2.43 bits per heavy atom. The Kier molecular flexibility index (Phi) is 7.15. The average molecular weight is 404 g/mol. The second kappa shape index (κ2) is 9.80. The summed E-state index contributed by atoms with van der Waals surface area (Å²) in [7, 11) is 0. The maximum absolute atomic E-state index is 12.3. The molecule has 1 atom stereocenters. The van der Waals surface area contributed by atoms with E-state index >= 15 is 0 Å². The van der Waals surface area contributed by atoms with Crippen LogP contribution in [0, 0.1) is 6.92 Å². The van der Waals surface area contributed by atoms with Crippen LogP contribution in [0.15, 0.2) is 72.3 Å². The topological polar surface area (TPSA) is 29.5 Å². The number of carbonyl (C=O) groups excluding carboxylic acids is 1. The molecule has 1 aliphatic heterocycles. The fraction of sp³-hybridized carbons (Fsp3) is 0.370. The van der Waals surface area contributed by atoms with Crippen LogP contribution < -0.4 is 0 Å². The number of ether oxygens (including phenoxy) is 1. The lowest BCUT2D eigenvalue weighted by Gasteiger charge is -2.30. The van der Waals surface area contributed by atoms with Gasteiger partial charge in [-0.2, -0.15) is 0 Å². The minimum atomic E-state index is -0.459. The molecule has 0 saturated heterocycles. The highest BCUT2D eigenvalue weighted by atomic mass is 16.6. The molecule has 0 fully saturated rings. The van der Waals surface area contributed by atoms with Crippen LogP contribution in [0.25, 0.3) is 6.08 Å². The zero-order chi connectivity index (χ0) is 21.6. The van der Waals surface area contributed by atoms with Crippen molar-refractivity contribution < 1.29 is 9.53 Å². The first kappa shape index (κ1) is 21.9. The van der Waals surface area contributed by atoms with E-state index in [4.69, 9.17) is 4.74 Å². The van der Waals surface area contributed by atoms with Gasteiger partial charge < -0.3 is 9.64 Å². The Labute approximate surface area is 181 Å². The Balaban J connectivity index is 1.73. The first-order valence-corrected chi connectivity index (χ1v) is 10.8. The maximum Gasteiger partial charge on any atom is 0.410 e. The van der Waals surface area contributed by atoms with E-state index in [1.54, 1.807) is 4.90 Å². The molecule has 158 valence electrons. The average Bonchev–Trinajstić information content (AvgIpc) is 2.71. The van der Waals surface area contributed by atoms with Gasteiger partial charge in [0.2, 0.25) is 0 Å². The second-order valence-corrected chi connectivity index (χ2v) is 8.98. The lowest BCUT2D eigenvalue weighted by atomic mass is 9.86. The molecule has 2 aromatic carbocycles. The van der Waals surface area contributed by atoms with Crippen molar-refractivity contribution in [2.24, 2.45) is 0 Å². The zero-order valence-corrected chi connectivity index (χ0v) is 18.6. The third kappa shape index (κ3) is 6.35. The molecule has 3 rings (SSSR count). The summed E-state index contributed by atoms with van der Waals surface area (Å²) < 4.78 is 5.51. The van der Waals surface area contributed by atoms with Crippen LogP contribution in [0.3, 0.4) is 0 Å². The number of amides is 1. The van der Waals surface area contributed by atoms with Gasteiger partial charge in [0.1, 0.15) is 5.60 Å². The third-order valence-corrected chi connectivity index (χ3v) is 5.35. The molecule has 3 heteroatoms. The summed E-state index contributed by atoms with van der Waals surface area (Å²) in [5, 5.41) is 0. The fourth-order valence-electron chi connectivity index (χ4n) is 3.75. The number of hydrogen-bond acceptors (Lipinski definition) is 2. The van der Waals surface area contributed by atoms with Crippen molar-refractivity contribution in [3.05, 3.63) is 89.0 Å². The van der Waals surface area contributed by atoms with Gasteiger partial charge in [0.15, 0.2) is 0 Å². The first-order chi connectivity index (χ1) is 14.3. The second-order valence-electron chi connectivity index (χ2n) is 8.98. The summed E-state index contributed by atoms with van der Waals surface area (Å²) in [4.78, 5) is 14.1. The highest BCUT2D eigenvalue weighted by Crippen LogP contribution is 2.31. The van der Waals surface area contributed by atoms with Gasteiger partial charge in [0, 0.05) is 19.0 Å². The van der Waals surface area contributed by atoms with E-state index in [-0.39, 0.29) is 6.09 Å². The SMILES string of the molecule is Cc1ccccc1C(/C=C/c1ccccc1)CC1=CCN(C(=O)OC(C)(C)C)CC1. The molecular weight excluding hydrogens is 370 g/mol. The van der Waals surface area contributed by atoms with E-state index in [0.29, 0.717) is 19.0 Å². The van der Waals surface area contributed by atoms with Crippen LogP contribution in [-0.2, 0) is 4.74 Å². The number of hydrogen-bond donors (Lipinski definition) is 0. The number of benzene rings is 2. The molecule has 0 radical (unpaired) electrons. The Morgan fingerprint density at radius 1 is 1.10 bits per heavy atom. The molecule has 30 heavy (non-hydrogen) atoms. The van der Waals surface area contributed by atoms with Crippen LogP contribution in [0.5, 0.6) is 0 Å². The van der Waals surface area contributed by atoms with Crippen molar-refractivity contribution in [3.63, 3.8) is 0 Å². The van der Waals surface area contributed by atoms with Crippen LogP contribution in [0.2, 0.25) is 0 Å². The number of aryl methyl sites for hydroxylation is 1. The smallest absolute Gasteiger partial charge is 0.410 e. The van der Waals surface area contributed by atoms with Gasteiger partial charge in [-0.05, 0) is 57.2 Å². The van der Waals surface area contributed by atoms with E-state index in [1.807, 2.05) is 26.8 Å². The van der Waals surface area contributed by atoms with Crippen molar-refractivity contribution in [1.82, 2.24) is 4.90 Å². The largest absolute Gasteiger partial charge is 0.444 e. The predicted molar refractivity (Wildman–Crippen MR) is 125 cm³/mol. The summed E-state index contributed by atoms with van der Waals surface area (Å²) in [6.45, 7) is 9.22. The molecule has 0 aliphatic carbocycles. The molecule has 0 bridgehead atoms. The molecule has 0 saturated carbocycles. The first-order valence-electron chi connectivity index (χ1n) is 10.8. The van der Waals surface area contributed by atoms with Crippen LogP contribution in [0.1, 0.15) is 56.2 Å². The molecule has 1 unspecified atom stereocenters. The van der Waals surface area contributed by atoms with Gasteiger partial charge in [0.05, 0.1) is 0 Å². The number of nitrogens with zero attached hydrogens (tertiary/aromatic N) is 1. The van der Waals surface area contributed by atoms with Crippen molar-refractivity contribution in [1.29, 1.82) is 0 Å².